The summed E-state index contributed by atoms with van der Waals surface area (Å²) in [5.74, 6) is 1.68. The summed E-state index contributed by atoms with van der Waals surface area (Å²) in [7, 11) is 3.17. The first kappa shape index (κ1) is 17.0. The van der Waals surface area contributed by atoms with Crippen LogP contribution in [0.2, 0.25) is 0 Å². The number of aliphatic hydroxyl groups is 1. The lowest BCUT2D eigenvalue weighted by molar-refractivity contribution is -0.0524. The molecule has 1 aliphatic heterocycles. The molecule has 0 bridgehead atoms. The van der Waals surface area contributed by atoms with E-state index >= 15 is 0 Å². The number of aromatic nitrogens is 1. The molecule has 0 amide bonds. The number of thioether (sulfide) groups is 1. The highest BCUT2D eigenvalue weighted by Crippen LogP contribution is 2.44. The van der Waals surface area contributed by atoms with E-state index in [1.807, 2.05) is 29.2 Å². The van der Waals surface area contributed by atoms with Crippen LogP contribution in [0.3, 0.4) is 0 Å². The molecule has 1 unspecified atom stereocenters. The molecule has 1 N–H and O–H groups in total. The third-order valence-electron chi connectivity index (χ3n) is 3.97. The average molecular weight is 362 g/mol. The predicted octanol–water partition coefficient (Wildman–Crippen LogP) is 2.78. The van der Waals surface area contributed by atoms with Crippen LogP contribution in [0.4, 0.5) is 0 Å². The van der Waals surface area contributed by atoms with Gasteiger partial charge in [-0.1, -0.05) is 30.0 Å². The number of benzene rings is 1. The topological polar surface area (TPSA) is 54.8 Å². The molecular weight excluding hydrogens is 344 g/mol. The van der Waals surface area contributed by atoms with Crippen molar-refractivity contribution in [3.05, 3.63) is 53.9 Å². The zero-order valence-electron chi connectivity index (χ0n) is 13.4. The van der Waals surface area contributed by atoms with Crippen LogP contribution in [0.25, 0.3) is 0 Å². The third kappa shape index (κ3) is 3.07. The number of ether oxygens (including phenoxy) is 2. The van der Waals surface area contributed by atoms with Crippen LogP contribution in [0.5, 0.6) is 11.5 Å². The lowest BCUT2D eigenvalue weighted by atomic mass is 10.0. The maximum absolute atomic E-state index is 11.4. The number of hydrogen-bond donors (Lipinski definition) is 1. The van der Waals surface area contributed by atoms with Crippen LogP contribution >= 0.6 is 24.0 Å². The van der Waals surface area contributed by atoms with Gasteiger partial charge in [0.2, 0.25) is 0 Å². The monoisotopic (exact) mass is 362 g/mol. The Labute approximate surface area is 150 Å². The normalized spacial score (nSPS) is 20.3. The van der Waals surface area contributed by atoms with Crippen LogP contribution < -0.4 is 9.47 Å². The summed E-state index contributed by atoms with van der Waals surface area (Å²) >= 11 is 6.92. The van der Waals surface area contributed by atoms with Gasteiger partial charge in [0.05, 0.1) is 20.0 Å². The van der Waals surface area contributed by atoms with E-state index in [0.29, 0.717) is 33.7 Å². The van der Waals surface area contributed by atoms with Gasteiger partial charge in [0.15, 0.2) is 5.72 Å². The van der Waals surface area contributed by atoms with Gasteiger partial charge in [0.25, 0.3) is 0 Å². The first-order chi connectivity index (χ1) is 11.6. The summed E-state index contributed by atoms with van der Waals surface area (Å²) in [5.41, 5.74) is 0.408. The van der Waals surface area contributed by atoms with Crippen molar-refractivity contribution in [1.29, 1.82) is 0 Å². The van der Waals surface area contributed by atoms with Crippen molar-refractivity contribution in [2.75, 3.05) is 20.0 Å². The third-order valence-corrected chi connectivity index (χ3v) is 5.56. The van der Waals surface area contributed by atoms with E-state index in [2.05, 4.69) is 4.98 Å². The molecular formula is C17H18N2O3S2. The molecule has 1 aliphatic rings. The molecule has 1 atom stereocenters. The SMILES string of the molecule is COc1ccc(C2(O)CSC(=S)N2Cc2cccnc2)c(OC)c1. The number of methoxy groups -OCH3 is 2. The quantitative estimate of drug-likeness (QED) is 0.821. The van der Waals surface area contributed by atoms with E-state index in [-0.39, 0.29) is 0 Å². The molecule has 0 spiro atoms. The molecule has 5 nitrogen and oxygen atoms in total. The van der Waals surface area contributed by atoms with Gasteiger partial charge >= 0.3 is 0 Å². The molecule has 24 heavy (non-hydrogen) atoms. The molecule has 0 saturated carbocycles. The number of thiocarbonyl (C=S) groups is 1. The van der Waals surface area contributed by atoms with Gasteiger partial charge in [-0.15, -0.1) is 0 Å². The average Bonchev–Trinajstić information content (AvgIpc) is 2.91. The Bertz CT molecular complexity index is 742. The summed E-state index contributed by atoms with van der Waals surface area (Å²) < 4.78 is 11.4. The number of nitrogens with zero attached hydrogens (tertiary/aromatic N) is 2. The second-order valence-corrected chi connectivity index (χ2v) is 6.99. The Morgan fingerprint density at radius 1 is 1.33 bits per heavy atom. The van der Waals surface area contributed by atoms with Crippen LogP contribution in [0.15, 0.2) is 42.7 Å². The summed E-state index contributed by atoms with van der Waals surface area (Å²) in [6.45, 7) is 0.478. The van der Waals surface area contributed by atoms with E-state index in [4.69, 9.17) is 21.7 Å². The molecule has 3 rings (SSSR count). The van der Waals surface area contributed by atoms with Crippen molar-refractivity contribution in [1.82, 2.24) is 9.88 Å². The zero-order valence-corrected chi connectivity index (χ0v) is 15.1. The van der Waals surface area contributed by atoms with E-state index in [1.165, 1.54) is 11.8 Å². The fourth-order valence-corrected chi connectivity index (χ4v) is 4.09. The minimum absolute atomic E-state index is 0.439. The Morgan fingerprint density at radius 2 is 2.17 bits per heavy atom. The molecule has 126 valence electrons. The molecule has 0 radical (unpaired) electrons. The van der Waals surface area contributed by atoms with E-state index in [9.17, 15) is 5.11 Å². The minimum atomic E-state index is -1.24. The summed E-state index contributed by atoms with van der Waals surface area (Å²) in [4.78, 5) is 5.94. The number of hydrogen-bond acceptors (Lipinski definition) is 6. The van der Waals surface area contributed by atoms with Crippen LogP contribution in [0.1, 0.15) is 11.1 Å². The molecule has 1 aromatic carbocycles. The molecule has 0 aliphatic carbocycles. The van der Waals surface area contributed by atoms with E-state index in [1.54, 1.807) is 32.7 Å². The maximum atomic E-state index is 11.4. The Kier molecular flexibility index (Phi) is 4.93. The largest absolute Gasteiger partial charge is 0.497 e. The van der Waals surface area contributed by atoms with Gasteiger partial charge < -0.3 is 19.5 Å². The Hall–Kier alpha value is -1.83. The van der Waals surface area contributed by atoms with E-state index in [0.717, 1.165) is 5.56 Å². The minimum Gasteiger partial charge on any atom is -0.497 e. The Balaban J connectivity index is 1.99. The van der Waals surface area contributed by atoms with Crippen molar-refractivity contribution in [2.24, 2.45) is 0 Å². The van der Waals surface area contributed by atoms with Crippen LogP contribution in [0, 0.1) is 0 Å². The van der Waals surface area contributed by atoms with Gasteiger partial charge in [0, 0.05) is 30.6 Å². The number of rotatable bonds is 5. The first-order valence-electron chi connectivity index (χ1n) is 7.36. The lowest BCUT2D eigenvalue weighted by Gasteiger charge is -2.35. The van der Waals surface area contributed by atoms with Crippen molar-refractivity contribution in [2.45, 2.75) is 12.3 Å². The van der Waals surface area contributed by atoms with Crippen molar-refractivity contribution in [3.63, 3.8) is 0 Å². The van der Waals surface area contributed by atoms with E-state index < -0.39 is 5.72 Å². The van der Waals surface area contributed by atoms with Gasteiger partial charge in [-0.05, 0) is 23.8 Å². The Morgan fingerprint density at radius 3 is 2.83 bits per heavy atom. The maximum Gasteiger partial charge on any atom is 0.179 e. The second kappa shape index (κ2) is 6.96. The van der Waals surface area contributed by atoms with Crippen LogP contribution in [-0.2, 0) is 12.3 Å². The standard InChI is InChI=1S/C17H18N2O3S2/c1-21-13-5-6-14(15(8-13)22-2)17(20)11-24-16(23)19(17)10-12-4-3-7-18-9-12/h3-9,20H,10-11H2,1-2H3. The van der Waals surface area contributed by atoms with Gasteiger partial charge in [-0.2, -0.15) is 0 Å². The fourth-order valence-electron chi connectivity index (χ4n) is 2.69. The molecule has 2 aromatic rings. The van der Waals surface area contributed by atoms with Crippen molar-refractivity contribution < 1.29 is 14.6 Å². The molecule has 1 aromatic heterocycles. The lowest BCUT2D eigenvalue weighted by Crippen LogP contribution is -2.44. The van der Waals surface area contributed by atoms with Gasteiger partial charge in [-0.25, -0.2) is 0 Å². The zero-order chi connectivity index (χ0) is 17.2. The summed E-state index contributed by atoms with van der Waals surface area (Å²) in [6.07, 6.45) is 3.50. The molecule has 7 heteroatoms. The highest BCUT2D eigenvalue weighted by Gasteiger charge is 2.45. The van der Waals surface area contributed by atoms with Crippen LogP contribution in [-0.4, -0.2) is 39.3 Å². The number of pyridine rings is 1. The molecule has 1 fully saturated rings. The first-order valence-corrected chi connectivity index (χ1v) is 8.76. The highest BCUT2D eigenvalue weighted by molar-refractivity contribution is 8.23. The van der Waals surface area contributed by atoms with Crippen molar-refractivity contribution in [3.8, 4) is 11.5 Å². The van der Waals surface area contributed by atoms with Gasteiger partial charge in [0.1, 0.15) is 15.8 Å². The predicted molar refractivity (Wildman–Crippen MR) is 98.3 cm³/mol. The van der Waals surface area contributed by atoms with Crippen molar-refractivity contribution >= 4 is 28.3 Å². The molecule has 1 saturated heterocycles. The smallest absolute Gasteiger partial charge is 0.179 e. The van der Waals surface area contributed by atoms with Gasteiger partial charge in [-0.3, -0.25) is 4.98 Å². The summed E-state index contributed by atoms with van der Waals surface area (Å²) in [6, 6.07) is 9.23. The highest BCUT2D eigenvalue weighted by atomic mass is 32.2. The second-order valence-electron chi connectivity index (χ2n) is 5.38. The summed E-state index contributed by atoms with van der Waals surface area (Å²) in [5, 5.41) is 11.4. The molecule has 2 heterocycles. The fraction of sp³-hybridized carbons (Fsp3) is 0.294.